The van der Waals surface area contributed by atoms with E-state index in [9.17, 15) is 9.59 Å². The molecule has 0 aromatic heterocycles. The zero-order valence-electron chi connectivity index (χ0n) is 16.1. The number of aryl methyl sites for hydroxylation is 2. The zero-order chi connectivity index (χ0) is 20.0. The molecule has 0 saturated heterocycles. The van der Waals surface area contributed by atoms with Crippen LogP contribution in [0, 0.1) is 13.8 Å². The second-order valence-corrected chi connectivity index (χ2v) is 7.37. The smallest absolute Gasteiger partial charge is 0.265 e. The first kappa shape index (κ1) is 21.0. The van der Waals surface area contributed by atoms with Gasteiger partial charge in [-0.25, -0.2) is 0 Å². The number of rotatable bonds is 7. The highest BCUT2D eigenvalue weighted by molar-refractivity contribution is 9.10. The lowest BCUT2D eigenvalue weighted by Crippen LogP contribution is -2.30. The lowest BCUT2D eigenvalue weighted by atomic mass is 10.1. The Kier molecular flexibility index (Phi) is 7.42. The maximum Gasteiger partial charge on any atom is 0.265 e. The topological polar surface area (TPSA) is 67.4 Å². The number of carbonyl (C=O) groups is 2. The molecule has 144 valence electrons. The van der Waals surface area contributed by atoms with E-state index in [1.54, 1.807) is 31.2 Å². The number of halogens is 1. The van der Waals surface area contributed by atoms with Crippen LogP contribution in [-0.4, -0.2) is 24.5 Å². The molecule has 0 heterocycles. The first-order valence-corrected chi connectivity index (χ1v) is 9.73. The van der Waals surface area contributed by atoms with E-state index in [1.165, 1.54) is 0 Å². The Bertz CT molecular complexity index is 813. The Hall–Kier alpha value is -2.34. The third-order valence-corrected chi connectivity index (χ3v) is 4.47. The van der Waals surface area contributed by atoms with Gasteiger partial charge in [0.15, 0.2) is 6.10 Å². The van der Waals surface area contributed by atoms with Gasteiger partial charge in [0.1, 0.15) is 5.75 Å². The number of hydrogen-bond donors (Lipinski definition) is 2. The quantitative estimate of drug-likeness (QED) is 0.670. The predicted octanol–water partition coefficient (Wildman–Crippen LogP) is 4.61. The molecule has 0 fully saturated rings. The highest BCUT2D eigenvalue weighted by Crippen LogP contribution is 2.28. The number of benzene rings is 2. The normalized spacial score (nSPS) is 11.6. The summed E-state index contributed by atoms with van der Waals surface area (Å²) >= 11 is 3.45. The summed E-state index contributed by atoms with van der Waals surface area (Å²) in [5.41, 5.74) is 2.98. The van der Waals surface area contributed by atoms with E-state index in [0.29, 0.717) is 23.5 Å². The van der Waals surface area contributed by atoms with Crippen molar-refractivity contribution in [3.63, 3.8) is 0 Å². The predicted molar refractivity (Wildman–Crippen MR) is 111 cm³/mol. The first-order valence-electron chi connectivity index (χ1n) is 8.94. The van der Waals surface area contributed by atoms with Crippen molar-refractivity contribution in [1.82, 2.24) is 5.32 Å². The molecule has 0 radical (unpaired) electrons. The van der Waals surface area contributed by atoms with Gasteiger partial charge in [-0.3, -0.25) is 9.59 Å². The summed E-state index contributed by atoms with van der Waals surface area (Å²) in [6.45, 7) is 8.19. The minimum absolute atomic E-state index is 0.154. The van der Waals surface area contributed by atoms with Crippen molar-refractivity contribution >= 4 is 33.4 Å². The second kappa shape index (κ2) is 9.55. The van der Waals surface area contributed by atoms with Crippen LogP contribution in [0.1, 0.15) is 41.8 Å². The molecule has 0 aliphatic rings. The van der Waals surface area contributed by atoms with Gasteiger partial charge >= 0.3 is 0 Å². The molecule has 5 nitrogen and oxygen atoms in total. The van der Waals surface area contributed by atoms with Gasteiger partial charge in [-0.1, -0.05) is 28.9 Å². The van der Waals surface area contributed by atoms with Crippen LogP contribution in [0.15, 0.2) is 40.9 Å². The van der Waals surface area contributed by atoms with Crippen molar-refractivity contribution in [2.45, 2.75) is 40.2 Å². The summed E-state index contributed by atoms with van der Waals surface area (Å²) in [7, 11) is 0. The Morgan fingerprint density at radius 1 is 1.15 bits per heavy atom. The maximum atomic E-state index is 12.5. The fraction of sp³-hybridized carbons (Fsp3) is 0.333. The number of ether oxygens (including phenoxy) is 1. The molecule has 2 amide bonds. The standard InChI is InChI=1S/C21H25BrN2O3/c1-5-9-23-21(26)16-7-6-8-18(12-16)24-20(25)15(4)27-19-13(2)10-17(22)11-14(19)3/h6-8,10-12,15H,5,9H2,1-4H3,(H,23,26)(H,24,25). The molecule has 2 aromatic carbocycles. The molecule has 1 unspecified atom stereocenters. The second-order valence-electron chi connectivity index (χ2n) is 6.45. The van der Waals surface area contributed by atoms with E-state index in [4.69, 9.17) is 4.74 Å². The van der Waals surface area contributed by atoms with E-state index in [1.807, 2.05) is 32.9 Å². The van der Waals surface area contributed by atoms with E-state index in [2.05, 4.69) is 26.6 Å². The van der Waals surface area contributed by atoms with E-state index < -0.39 is 6.10 Å². The van der Waals surface area contributed by atoms with Crippen molar-refractivity contribution in [3.8, 4) is 5.75 Å². The summed E-state index contributed by atoms with van der Waals surface area (Å²) in [6, 6.07) is 10.8. The third-order valence-electron chi connectivity index (χ3n) is 4.02. The molecule has 6 heteroatoms. The summed E-state index contributed by atoms with van der Waals surface area (Å²) in [4.78, 5) is 24.6. The average Bonchev–Trinajstić information content (AvgIpc) is 2.62. The number of carbonyl (C=O) groups excluding carboxylic acids is 2. The SMILES string of the molecule is CCCNC(=O)c1cccc(NC(=O)C(C)Oc2c(C)cc(Br)cc2C)c1. The summed E-state index contributed by atoms with van der Waals surface area (Å²) < 4.78 is 6.86. The Labute approximate surface area is 168 Å². The summed E-state index contributed by atoms with van der Waals surface area (Å²) in [5.74, 6) is 0.273. The van der Waals surface area contributed by atoms with Crippen molar-refractivity contribution < 1.29 is 14.3 Å². The van der Waals surface area contributed by atoms with Crippen LogP contribution in [0.3, 0.4) is 0 Å². The minimum Gasteiger partial charge on any atom is -0.480 e. The lowest BCUT2D eigenvalue weighted by Gasteiger charge is -2.18. The molecule has 0 aliphatic heterocycles. The van der Waals surface area contributed by atoms with Crippen LogP contribution in [0.4, 0.5) is 5.69 Å². The van der Waals surface area contributed by atoms with E-state index in [-0.39, 0.29) is 11.8 Å². The van der Waals surface area contributed by atoms with Gasteiger partial charge in [0.05, 0.1) is 0 Å². The average molecular weight is 433 g/mol. The van der Waals surface area contributed by atoms with Gasteiger partial charge in [-0.2, -0.15) is 0 Å². The van der Waals surface area contributed by atoms with E-state index in [0.717, 1.165) is 22.0 Å². The molecular weight excluding hydrogens is 408 g/mol. The molecule has 2 aromatic rings. The highest BCUT2D eigenvalue weighted by Gasteiger charge is 2.18. The van der Waals surface area contributed by atoms with Gasteiger partial charge in [0.25, 0.3) is 11.8 Å². The van der Waals surface area contributed by atoms with Gasteiger partial charge in [-0.15, -0.1) is 0 Å². The lowest BCUT2D eigenvalue weighted by molar-refractivity contribution is -0.122. The summed E-state index contributed by atoms with van der Waals surface area (Å²) in [6.07, 6.45) is 0.187. The van der Waals surface area contributed by atoms with Gasteiger partial charge in [0.2, 0.25) is 0 Å². The fourth-order valence-electron chi connectivity index (χ4n) is 2.64. The molecule has 2 N–H and O–H groups in total. The van der Waals surface area contributed by atoms with Crippen molar-refractivity contribution in [1.29, 1.82) is 0 Å². The van der Waals surface area contributed by atoms with Crippen molar-refractivity contribution in [2.75, 3.05) is 11.9 Å². The maximum absolute atomic E-state index is 12.5. The molecule has 2 rings (SSSR count). The van der Waals surface area contributed by atoms with Crippen LogP contribution in [0.25, 0.3) is 0 Å². The van der Waals surface area contributed by atoms with Gasteiger partial charge < -0.3 is 15.4 Å². The Morgan fingerprint density at radius 2 is 1.81 bits per heavy atom. The molecule has 0 aliphatic carbocycles. The fourth-order valence-corrected chi connectivity index (χ4v) is 3.32. The monoisotopic (exact) mass is 432 g/mol. The van der Waals surface area contributed by atoms with Crippen molar-refractivity contribution in [3.05, 3.63) is 57.6 Å². The van der Waals surface area contributed by atoms with E-state index >= 15 is 0 Å². The zero-order valence-corrected chi connectivity index (χ0v) is 17.6. The Morgan fingerprint density at radius 3 is 2.44 bits per heavy atom. The number of amides is 2. The minimum atomic E-state index is -0.679. The highest BCUT2D eigenvalue weighted by atomic mass is 79.9. The number of hydrogen-bond acceptors (Lipinski definition) is 3. The van der Waals surface area contributed by atoms with Crippen LogP contribution < -0.4 is 15.4 Å². The van der Waals surface area contributed by atoms with Crippen LogP contribution in [0.2, 0.25) is 0 Å². The van der Waals surface area contributed by atoms with Crippen LogP contribution in [-0.2, 0) is 4.79 Å². The molecular formula is C21H25BrN2O3. The Balaban J connectivity index is 2.05. The summed E-state index contributed by atoms with van der Waals surface area (Å²) in [5, 5.41) is 5.63. The largest absolute Gasteiger partial charge is 0.480 e. The van der Waals surface area contributed by atoms with Gasteiger partial charge in [0, 0.05) is 22.3 Å². The molecule has 1 atom stereocenters. The van der Waals surface area contributed by atoms with Gasteiger partial charge in [-0.05, 0) is 68.7 Å². The first-order chi connectivity index (χ1) is 12.8. The molecule has 0 bridgehead atoms. The molecule has 27 heavy (non-hydrogen) atoms. The number of nitrogens with one attached hydrogen (secondary N) is 2. The van der Waals surface area contributed by atoms with Crippen LogP contribution >= 0.6 is 15.9 Å². The molecule has 0 spiro atoms. The van der Waals surface area contributed by atoms with Crippen LogP contribution in [0.5, 0.6) is 5.75 Å². The molecule has 0 saturated carbocycles. The number of anilines is 1. The van der Waals surface area contributed by atoms with Crippen molar-refractivity contribution in [2.24, 2.45) is 0 Å². The third kappa shape index (κ3) is 5.82.